The number of benzene rings is 1. The molecular formula is C14H17F2N5. The van der Waals surface area contributed by atoms with Gasteiger partial charge in [0.15, 0.2) is 0 Å². The number of aromatic nitrogens is 3. The van der Waals surface area contributed by atoms with Gasteiger partial charge in [-0.15, -0.1) is 10.2 Å². The van der Waals surface area contributed by atoms with Gasteiger partial charge in [-0.1, -0.05) is 24.3 Å². The smallest absolute Gasteiger partial charge is 0.263 e. The third kappa shape index (κ3) is 2.79. The van der Waals surface area contributed by atoms with E-state index in [1.807, 2.05) is 4.57 Å². The molecule has 0 bridgehead atoms. The number of fused-ring (bicyclic) bond motifs is 1. The van der Waals surface area contributed by atoms with E-state index in [4.69, 9.17) is 5.73 Å². The topological polar surface area (TPSA) is 60.0 Å². The van der Waals surface area contributed by atoms with Crippen LogP contribution in [-0.2, 0) is 13.1 Å². The Balaban J connectivity index is 1.79. The average Bonchev–Trinajstić information content (AvgIpc) is 2.96. The van der Waals surface area contributed by atoms with Crippen LogP contribution in [0.3, 0.4) is 0 Å². The summed E-state index contributed by atoms with van der Waals surface area (Å²) < 4.78 is 27.2. The van der Waals surface area contributed by atoms with Crippen molar-refractivity contribution in [2.75, 3.05) is 13.1 Å². The van der Waals surface area contributed by atoms with Gasteiger partial charge < -0.3 is 10.3 Å². The van der Waals surface area contributed by atoms with Crippen molar-refractivity contribution in [1.29, 1.82) is 0 Å². The molecule has 0 radical (unpaired) electrons. The zero-order chi connectivity index (χ0) is 14.8. The summed E-state index contributed by atoms with van der Waals surface area (Å²) in [7, 11) is 0. The lowest BCUT2D eigenvalue weighted by molar-refractivity contribution is 0.150. The first-order chi connectivity index (χ1) is 10.2. The largest absolute Gasteiger partial charge is 0.329 e. The predicted molar refractivity (Wildman–Crippen MR) is 73.6 cm³/mol. The molecule has 0 spiro atoms. The zero-order valence-corrected chi connectivity index (χ0v) is 11.5. The number of hydrogen-bond donors (Lipinski definition) is 1. The van der Waals surface area contributed by atoms with Crippen molar-refractivity contribution in [1.82, 2.24) is 19.7 Å². The highest BCUT2D eigenvalue weighted by molar-refractivity contribution is 5.26. The molecule has 2 aromatic rings. The van der Waals surface area contributed by atoms with E-state index in [0.717, 1.165) is 24.5 Å². The molecule has 7 heteroatoms. The third-order valence-electron chi connectivity index (χ3n) is 3.91. The summed E-state index contributed by atoms with van der Waals surface area (Å²) in [4.78, 5) is 2.21. The Morgan fingerprint density at radius 3 is 2.52 bits per heavy atom. The minimum Gasteiger partial charge on any atom is -0.329 e. The molecule has 5 nitrogen and oxygen atoms in total. The van der Waals surface area contributed by atoms with Gasteiger partial charge in [0.2, 0.25) is 0 Å². The normalized spacial score (nSPS) is 17.0. The standard InChI is InChI=1S/C14H17F2N5/c15-14(16)11-3-1-10(2-4-11)12(7-17)20-5-6-21-9-18-19-13(21)8-20/h1-4,9,12,14H,5-8,17H2. The zero-order valence-electron chi connectivity index (χ0n) is 11.5. The van der Waals surface area contributed by atoms with Gasteiger partial charge >= 0.3 is 0 Å². The van der Waals surface area contributed by atoms with Gasteiger partial charge in [0.05, 0.1) is 6.54 Å². The van der Waals surface area contributed by atoms with Crippen LogP contribution in [0.5, 0.6) is 0 Å². The van der Waals surface area contributed by atoms with Crippen LogP contribution in [0.25, 0.3) is 0 Å². The van der Waals surface area contributed by atoms with Crippen LogP contribution in [0, 0.1) is 0 Å². The van der Waals surface area contributed by atoms with Gasteiger partial charge in [0.25, 0.3) is 6.43 Å². The highest BCUT2D eigenvalue weighted by Crippen LogP contribution is 2.26. The molecule has 0 saturated heterocycles. The Morgan fingerprint density at radius 1 is 1.14 bits per heavy atom. The van der Waals surface area contributed by atoms with Crippen LogP contribution in [0.15, 0.2) is 30.6 Å². The lowest BCUT2D eigenvalue weighted by Crippen LogP contribution is -2.39. The molecule has 0 saturated carbocycles. The second-order valence-corrected chi connectivity index (χ2v) is 5.13. The summed E-state index contributed by atoms with van der Waals surface area (Å²) in [6, 6.07) is 6.41. The van der Waals surface area contributed by atoms with Gasteiger partial charge in [0, 0.05) is 31.2 Å². The Morgan fingerprint density at radius 2 is 1.86 bits per heavy atom. The van der Waals surface area contributed by atoms with Gasteiger partial charge in [-0.3, -0.25) is 4.90 Å². The maximum atomic E-state index is 12.6. The molecule has 1 atom stereocenters. The number of nitrogens with zero attached hydrogens (tertiary/aromatic N) is 4. The lowest BCUT2D eigenvalue weighted by atomic mass is 10.0. The van der Waals surface area contributed by atoms with Crippen molar-refractivity contribution in [2.24, 2.45) is 5.73 Å². The second-order valence-electron chi connectivity index (χ2n) is 5.13. The van der Waals surface area contributed by atoms with Crippen LogP contribution >= 0.6 is 0 Å². The Labute approximate surface area is 121 Å². The molecule has 2 N–H and O–H groups in total. The van der Waals surface area contributed by atoms with Crippen LogP contribution in [0.2, 0.25) is 0 Å². The fraction of sp³-hybridized carbons (Fsp3) is 0.429. The average molecular weight is 293 g/mol. The highest BCUT2D eigenvalue weighted by Gasteiger charge is 2.25. The summed E-state index contributed by atoms with van der Waals surface area (Å²) in [5, 5.41) is 7.98. The SMILES string of the molecule is NCC(c1ccc(C(F)F)cc1)N1CCn2cnnc2C1. The summed E-state index contributed by atoms with van der Waals surface area (Å²) in [6.07, 6.45) is -0.717. The molecule has 1 aliphatic heterocycles. The number of halogens is 2. The van der Waals surface area contributed by atoms with Crippen molar-refractivity contribution in [3.05, 3.63) is 47.5 Å². The molecule has 1 aromatic heterocycles. The fourth-order valence-corrected chi connectivity index (χ4v) is 2.71. The van der Waals surface area contributed by atoms with E-state index >= 15 is 0 Å². The molecule has 2 heterocycles. The Bertz CT molecular complexity index is 596. The summed E-state index contributed by atoms with van der Waals surface area (Å²) in [5.74, 6) is 0.906. The maximum absolute atomic E-state index is 12.6. The number of nitrogens with two attached hydrogens (primary N) is 1. The Hall–Kier alpha value is -1.86. The monoisotopic (exact) mass is 293 g/mol. The minimum absolute atomic E-state index is 0.00201. The van der Waals surface area contributed by atoms with E-state index in [-0.39, 0.29) is 11.6 Å². The molecule has 1 aliphatic rings. The molecule has 21 heavy (non-hydrogen) atoms. The minimum atomic E-state index is -2.44. The summed E-state index contributed by atoms with van der Waals surface area (Å²) >= 11 is 0. The lowest BCUT2D eigenvalue weighted by Gasteiger charge is -2.34. The molecule has 112 valence electrons. The first-order valence-electron chi connectivity index (χ1n) is 6.88. The quantitative estimate of drug-likeness (QED) is 0.932. The van der Waals surface area contributed by atoms with E-state index in [1.54, 1.807) is 18.5 Å². The fourth-order valence-electron chi connectivity index (χ4n) is 2.71. The van der Waals surface area contributed by atoms with E-state index in [0.29, 0.717) is 13.1 Å². The summed E-state index contributed by atoms with van der Waals surface area (Å²) in [5.41, 5.74) is 6.88. The van der Waals surface area contributed by atoms with Crippen molar-refractivity contribution in [2.45, 2.75) is 25.6 Å². The molecular weight excluding hydrogens is 276 g/mol. The third-order valence-corrected chi connectivity index (χ3v) is 3.91. The van der Waals surface area contributed by atoms with Crippen LogP contribution < -0.4 is 5.73 Å². The highest BCUT2D eigenvalue weighted by atomic mass is 19.3. The van der Waals surface area contributed by atoms with E-state index < -0.39 is 6.43 Å². The molecule has 0 fully saturated rings. The van der Waals surface area contributed by atoms with Crippen LogP contribution in [0.1, 0.15) is 29.4 Å². The van der Waals surface area contributed by atoms with Crippen LogP contribution in [0.4, 0.5) is 8.78 Å². The molecule has 1 unspecified atom stereocenters. The van der Waals surface area contributed by atoms with Crippen molar-refractivity contribution < 1.29 is 8.78 Å². The van der Waals surface area contributed by atoms with Gasteiger partial charge in [-0.25, -0.2) is 8.78 Å². The van der Waals surface area contributed by atoms with Crippen molar-refractivity contribution in [3.63, 3.8) is 0 Å². The maximum Gasteiger partial charge on any atom is 0.263 e. The molecule has 0 aliphatic carbocycles. The first kappa shape index (κ1) is 14.1. The first-order valence-corrected chi connectivity index (χ1v) is 6.88. The molecule has 1 aromatic carbocycles. The number of hydrogen-bond acceptors (Lipinski definition) is 4. The van der Waals surface area contributed by atoms with E-state index in [2.05, 4.69) is 15.1 Å². The van der Waals surface area contributed by atoms with Crippen molar-refractivity contribution in [3.8, 4) is 0 Å². The van der Waals surface area contributed by atoms with Crippen LogP contribution in [-0.4, -0.2) is 32.8 Å². The van der Waals surface area contributed by atoms with Gasteiger partial charge in [0.1, 0.15) is 12.2 Å². The predicted octanol–water partition coefficient (Wildman–Crippen LogP) is 1.73. The Kier molecular flexibility index (Phi) is 3.94. The van der Waals surface area contributed by atoms with Gasteiger partial charge in [-0.05, 0) is 5.56 Å². The van der Waals surface area contributed by atoms with Crippen molar-refractivity contribution >= 4 is 0 Å². The number of alkyl halides is 2. The molecule has 3 rings (SSSR count). The van der Waals surface area contributed by atoms with Gasteiger partial charge in [-0.2, -0.15) is 0 Å². The molecule has 0 amide bonds. The number of rotatable bonds is 4. The van der Waals surface area contributed by atoms with E-state index in [9.17, 15) is 8.78 Å². The second kappa shape index (κ2) is 5.87. The summed E-state index contributed by atoms with van der Waals surface area (Å²) in [6.45, 7) is 2.75. The van der Waals surface area contributed by atoms with E-state index in [1.165, 1.54) is 12.1 Å².